The first-order valence-electron chi connectivity index (χ1n) is 5.13. The number of carbonyl (C=O) groups excluding carboxylic acids is 1. The van der Waals surface area contributed by atoms with Gasteiger partial charge < -0.3 is 5.32 Å². The molecule has 17 heavy (non-hydrogen) atoms. The number of anilines is 1. The first-order chi connectivity index (χ1) is 8.11. The Morgan fingerprint density at radius 3 is 2.88 bits per heavy atom. The maximum Gasteiger partial charge on any atom is 0.212 e. The average Bonchev–Trinajstić information content (AvgIpc) is 2.65. The van der Waals surface area contributed by atoms with Gasteiger partial charge in [-0.1, -0.05) is 30.1 Å². The zero-order chi connectivity index (χ0) is 12.4. The molecule has 0 saturated heterocycles. The predicted molar refractivity (Wildman–Crippen MR) is 69.6 cm³/mol. The molecule has 2 rings (SSSR count). The maximum absolute atomic E-state index is 10.4. The van der Waals surface area contributed by atoms with Gasteiger partial charge in [0.1, 0.15) is 5.84 Å². The Bertz CT molecular complexity index is 476. The molecule has 90 valence electrons. The van der Waals surface area contributed by atoms with Gasteiger partial charge in [-0.2, -0.15) is 5.10 Å². The van der Waals surface area contributed by atoms with E-state index < -0.39 is 0 Å². The number of hydrazone groups is 1. The van der Waals surface area contributed by atoms with Crippen LogP contribution in [0.5, 0.6) is 0 Å². The van der Waals surface area contributed by atoms with E-state index in [0.717, 1.165) is 5.69 Å². The summed E-state index contributed by atoms with van der Waals surface area (Å²) in [5.41, 5.74) is 0.856. The van der Waals surface area contributed by atoms with Gasteiger partial charge in [-0.3, -0.25) is 9.80 Å². The van der Waals surface area contributed by atoms with Crippen LogP contribution in [-0.2, 0) is 4.79 Å². The molecule has 1 aliphatic heterocycles. The number of rotatable bonds is 2. The summed E-state index contributed by atoms with van der Waals surface area (Å²) in [7, 11) is 0. The van der Waals surface area contributed by atoms with Crippen LogP contribution < -0.4 is 10.3 Å². The molecule has 0 aromatic heterocycles. The topological polar surface area (TPSA) is 44.7 Å². The summed E-state index contributed by atoms with van der Waals surface area (Å²) < 4.78 is 0. The summed E-state index contributed by atoms with van der Waals surface area (Å²) in [6.07, 6.45) is 0.633. The number of amidine groups is 1. The van der Waals surface area contributed by atoms with E-state index in [1.165, 1.54) is 0 Å². The summed E-state index contributed by atoms with van der Waals surface area (Å²) in [6, 6.07) is 5.32. The number of halogens is 2. The van der Waals surface area contributed by atoms with Crippen molar-refractivity contribution in [3.8, 4) is 0 Å². The highest BCUT2D eigenvalue weighted by Gasteiger charge is 2.23. The molecule has 6 heteroatoms. The minimum Gasteiger partial charge on any atom is -0.315 e. The summed E-state index contributed by atoms with van der Waals surface area (Å²) in [6.45, 7) is 2.70. The Hall–Kier alpha value is -1.26. The van der Waals surface area contributed by atoms with E-state index in [0.29, 0.717) is 28.8 Å². The number of benzene rings is 1. The zero-order valence-electron chi connectivity index (χ0n) is 9.15. The fourth-order valence-corrected chi connectivity index (χ4v) is 1.95. The second-order valence-corrected chi connectivity index (χ2v) is 4.64. The quantitative estimate of drug-likeness (QED) is 0.841. The first-order valence-corrected chi connectivity index (χ1v) is 5.88. The SMILES string of the molecule is CC1CN(c2ccc(Cl)c(Cl)c2)N=C1NC=O. The molecular weight excluding hydrogens is 261 g/mol. The van der Waals surface area contributed by atoms with E-state index in [9.17, 15) is 4.79 Å². The van der Waals surface area contributed by atoms with Crippen molar-refractivity contribution in [2.75, 3.05) is 11.6 Å². The van der Waals surface area contributed by atoms with Crippen molar-refractivity contribution < 1.29 is 4.79 Å². The van der Waals surface area contributed by atoms with Gasteiger partial charge in [0.15, 0.2) is 0 Å². The van der Waals surface area contributed by atoms with Crippen LogP contribution in [-0.4, -0.2) is 18.8 Å². The van der Waals surface area contributed by atoms with E-state index in [-0.39, 0.29) is 5.92 Å². The Kier molecular flexibility index (Phi) is 3.54. The fraction of sp³-hybridized carbons (Fsp3) is 0.273. The lowest BCUT2D eigenvalue weighted by molar-refractivity contribution is -0.108. The van der Waals surface area contributed by atoms with Gasteiger partial charge in [0.05, 0.1) is 22.3 Å². The van der Waals surface area contributed by atoms with Gasteiger partial charge in [0, 0.05) is 5.92 Å². The van der Waals surface area contributed by atoms with E-state index in [2.05, 4.69) is 10.4 Å². The van der Waals surface area contributed by atoms with Crippen molar-refractivity contribution >= 4 is 41.1 Å². The summed E-state index contributed by atoms with van der Waals surface area (Å²) >= 11 is 11.8. The van der Waals surface area contributed by atoms with Crippen molar-refractivity contribution in [2.24, 2.45) is 11.0 Å². The normalized spacial score (nSPS) is 19.1. The van der Waals surface area contributed by atoms with Gasteiger partial charge >= 0.3 is 0 Å². The average molecular weight is 272 g/mol. The third-order valence-corrected chi connectivity index (χ3v) is 3.29. The molecule has 1 aliphatic rings. The Labute approximate surface area is 109 Å². The molecule has 1 aromatic rings. The number of nitrogens with one attached hydrogen (secondary N) is 1. The molecule has 0 bridgehead atoms. The Morgan fingerprint density at radius 1 is 1.47 bits per heavy atom. The minimum absolute atomic E-state index is 0.176. The smallest absolute Gasteiger partial charge is 0.212 e. The second-order valence-electron chi connectivity index (χ2n) is 3.83. The maximum atomic E-state index is 10.4. The van der Waals surface area contributed by atoms with Crippen LogP contribution in [0.1, 0.15) is 6.92 Å². The second kappa shape index (κ2) is 4.94. The molecule has 1 aromatic carbocycles. The molecule has 0 spiro atoms. The predicted octanol–water partition coefficient (Wildman–Crippen LogP) is 2.51. The van der Waals surface area contributed by atoms with Crippen LogP contribution in [0.3, 0.4) is 0 Å². The number of hydrogen-bond acceptors (Lipinski definition) is 3. The van der Waals surface area contributed by atoms with Crippen LogP contribution in [0, 0.1) is 5.92 Å². The number of amides is 1. The van der Waals surface area contributed by atoms with Crippen molar-refractivity contribution in [1.29, 1.82) is 0 Å². The first kappa shape index (κ1) is 12.2. The van der Waals surface area contributed by atoms with Crippen molar-refractivity contribution in [1.82, 2.24) is 5.32 Å². The monoisotopic (exact) mass is 271 g/mol. The van der Waals surface area contributed by atoms with Crippen LogP contribution in [0.25, 0.3) is 0 Å². The molecule has 0 radical (unpaired) electrons. The summed E-state index contributed by atoms with van der Waals surface area (Å²) in [5.74, 6) is 0.834. The van der Waals surface area contributed by atoms with Crippen LogP contribution >= 0.6 is 23.2 Å². The van der Waals surface area contributed by atoms with Gasteiger partial charge in [0.2, 0.25) is 6.41 Å². The van der Waals surface area contributed by atoms with Gasteiger partial charge in [-0.25, -0.2) is 0 Å². The fourth-order valence-electron chi connectivity index (χ4n) is 1.66. The highest BCUT2D eigenvalue weighted by Crippen LogP contribution is 2.29. The molecule has 0 fully saturated rings. The largest absolute Gasteiger partial charge is 0.315 e. The Balaban J connectivity index is 2.24. The third-order valence-electron chi connectivity index (χ3n) is 2.55. The number of carbonyl (C=O) groups is 1. The van der Waals surface area contributed by atoms with Crippen molar-refractivity contribution in [3.05, 3.63) is 28.2 Å². The molecular formula is C11H11Cl2N3O. The summed E-state index contributed by atoms with van der Waals surface area (Å²) in [5, 5.41) is 9.69. The van der Waals surface area contributed by atoms with Gasteiger partial charge in [-0.05, 0) is 18.2 Å². The lowest BCUT2D eigenvalue weighted by Crippen LogP contribution is -2.26. The molecule has 1 amide bonds. The number of hydrogen-bond donors (Lipinski definition) is 1. The molecule has 4 nitrogen and oxygen atoms in total. The molecule has 1 unspecified atom stereocenters. The Morgan fingerprint density at radius 2 is 2.24 bits per heavy atom. The molecule has 1 N–H and O–H groups in total. The highest BCUT2D eigenvalue weighted by atomic mass is 35.5. The molecule has 1 heterocycles. The van der Waals surface area contributed by atoms with Crippen LogP contribution in [0.2, 0.25) is 10.0 Å². The van der Waals surface area contributed by atoms with Gasteiger partial charge in [0.25, 0.3) is 0 Å². The summed E-state index contributed by atoms with van der Waals surface area (Å²) in [4.78, 5) is 10.4. The molecule has 0 saturated carbocycles. The van der Waals surface area contributed by atoms with E-state index in [4.69, 9.17) is 23.2 Å². The third kappa shape index (κ3) is 2.53. The van der Waals surface area contributed by atoms with E-state index in [1.54, 1.807) is 17.1 Å². The molecule has 1 atom stereocenters. The number of nitrogens with zero attached hydrogens (tertiary/aromatic N) is 2. The van der Waals surface area contributed by atoms with Crippen LogP contribution in [0.15, 0.2) is 23.3 Å². The van der Waals surface area contributed by atoms with E-state index in [1.807, 2.05) is 13.0 Å². The minimum atomic E-state index is 0.176. The lowest BCUT2D eigenvalue weighted by atomic mass is 10.1. The zero-order valence-corrected chi connectivity index (χ0v) is 10.7. The lowest BCUT2D eigenvalue weighted by Gasteiger charge is -2.14. The molecule has 0 aliphatic carbocycles. The van der Waals surface area contributed by atoms with Crippen LogP contribution in [0.4, 0.5) is 5.69 Å². The highest BCUT2D eigenvalue weighted by molar-refractivity contribution is 6.42. The van der Waals surface area contributed by atoms with E-state index >= 15 is 0 Å². The van der Waals surface area contributed by atoms with Gasteiger partial charge in [-0.15, -0.1) is 0 Å². The van der Waals surface area contributed by atoms with Crippen molar-refractivity contribution in [3.63, 3.8) is 0 Å². The standard InChI is InChI=1S/C11H11Cl2N3O/c1-7-5-16(15-11(7)14-6-17)8-2-3-9(12)10(13)4-8/h2-4,6-7H,5H2,1H3,(H,14,15,17). The van der Waals surface area contributed by atoms with Crippen molar-refractivity contribution in [2.45, 2.75) is 6.92 Å².